The van der Waals surface area contributed by atoms with E-state index in [-0.39, 0.29) is 11.8 Å². The van der Waals surface area contributed by atoms with Gasteiger partial charge >= 0.3 is 0 Å². The molecular formula is C14H12N2O3S. The summed E-state index contributed by atoms with van der Waals surface area (Å²) < 4.78 is 5.46. The van der Waals surface area contributed by atoms with Crippen molar-refractivity contribution in [3.8, 4) is 5.75 Å². The molecule has 2 aromatic rings. The summed E-state index contributed by atoms with van der Waals surface area (Å²) >= 11 is 1.38. The molecule has 1 aliphatic rings. The summed E-state index contributed by atoms with van der Waals surface area (Å²) in [5, 5.41) is 7.40. The second kappa shape index (κ2) is 5.34. The smallest absolute Gasteiger partial charge is 0.265 e. The number of anilines is 2. The number of carbonyl (C=O) groups excluding carboxylic acids is 2. The zero-order chi connectivity index (χ0) is 13.9. The van der Waals surface area contributed by atoms with Gasteiger partial charge in [-0.05, 0) is 29.6 Å². The number of hydrogen-bond acceptors (Lipinski definition) is 4. The van der Waals surface area contributed by atoms with Crippen molar-refractivity contribution in [1.82, 2.24) is 0 Å². The van der Waals surface area contributed by atoms with Crippen LogP contribution in [-0.2, 0) is 4.79 Å². The van der Waals surface area contributed by atoms with Gasteiger partial charge in [-0.15, -0.1) is 11.3 Å². The maximum Gasteiger partial charge on any atom is 0.265 e. The molecule has 0 unspecified atom stereocenters. The third-order valence-electron chi connectivity index (χ3n) is 2.84. The van der Waals surface area contributed by atoms with E-state index in [1.807, 2.05) is 11.4 Å². The van der Waals surface area contributed by atoms with E-state index in [1.54, 1.807) is 24.3 Å². The van der Waals surface area contributed by atoms with Crippen molar-refractivity contribution in [3.63, 3.8) is 0 Å². The maximum atomic E-state index is 12.0. The Morgan fingerprint density at radius 1 is 1.35 bits per heavy atom. The van der Waals surface area contributed by atoms with Gasteiger partial charge in [0.25, 0.3) is 5.91 Å². The van der Waals surface area contributed by atoms with Crippen LogP contribution < -0.4 is 15.4 Å². The highest BCUT2D eigenvalue weighted by Gasteiger charge is 2.15. The van der Waals surface area contributed by atoms with Gasteiger partial charge in [0.1, 0.15) is 5.75 Å². The monoisotopic (exact) mass is 288 g/mol. The molecule has 2 heterocycles. The Kier molecular flexibility index (Phi) is 3.39. The van der Waals surface area contributed by atoms with Crippen LogP contribution in [0.5, 0.6) is 5.75 Å². The number of fused-ring (bicyclic) bond motifs is 1. The Bertz CT molecular complexity index is 652. The lowest BCUT2D eigenvalue weighted by atomic mass is 10.2. The van der Waals surface area contributed by atoms with E-state index in [0.717, 1.165) is 0 Å². The number of nitrogens with one attached hydrogen (secondary N) is 2. The lowest BCUT2D eigenvalue weighted by Crippen LogP contribution is -2.12. The third-order valence-corrected chi connectivity index (χ3v) is 3.71. The minimum Gasteiger partial charge on any atom is -0.491 e. The first-order chi connectivity index (χ1) is 9.72. The van der Waals surface area contributed by atoms with Gasteiger partial charge < -0.3 is 15.4 Å². The highest BCUT2D eigenvalue weighted by Crippen LogP contribution is 2.30. The molecule has 0 fully saturated rings. The fourth-order valence-electron chi connectivity index (χ4n) is 1.90. The van der Waals surface area contributed by atoms with Crippen LogP contribution in [0.25, 0.3) is 0 Å². The van der Waals surface area contributed by atoms with E-state index >= 15 is 0 Å². The van der Waals surface area contributed by atoms with Crippen molar-refractivity contribution < 1.29 is 14.3 Å². The SMILES string of the molecule is O=C1CCOc2ccc(NC(=O)c3cccs3)cc2N1. The van der Waals surface area contributed by atoms with Crippen LogP contribution >= 0.6 is 11.3 Å². The van der Waals surface area contributed by atoms with E-state index in [4.69, 9.17) is 4.74 Å². The first-order valence-electron chi connectivity index (χ1n) is 6.14. The molecule has 0 bridgehead atoms. The predicted molar refractivity (Wildman–Crippen MR) is 77.5 cm³/mol. The zero-order valence-electron chi connectivity index (χ0n) is 10.5. The van der Waals surface area contributed by atoms with Crippen LogP contribution in [0.1, 0.15) is 16.1 Å². The van der Waals surface area contributed by atoms with E-state index in [0.29, 0.717) is 35.0 Å². The van der Waals surface area contributed by atoms with Crippen LogP contribution in [0, 0.1) is 0 Å². The standard InChI is InChI=1S/C14H12N2O3S/c17-13-5-6-19-11-4-3-9(8-10(11)16-13)15-14(18)12-2-1-7-20-12/h1-4,7-8H,5-6H2,(H,15,18)(H,16,17). The Morgan fingerprint density at radius 2 is 2.25 bits per heavy atom. The first kappa shape index (κ1) is 12.7. The minimum absolute atomic E-state index is 0.0921. The summed E-state index contributed by atoms with van der Waals surface area (Å²) in [6, 6.07) is 8.77. The minimum atomic E-state index is -0.166. The van der Waals surface area contributed by atoms with Crippen LogP contribution in [0.4, 0.5) is 11.4 Å². The van der Waals surface area contributed by atoms with E-state index < -0.39 is 0 Å². The molecule has 1 aromatic carbocycles. The molecule has 5 nitrogen and oxygen atoms in total. The quantitative estimate of drug-likeness (QED) is 0.893. The molecule has 1 aromatic heterocycles. The fourth-order valence-corrected chi connectivity index (χ4v) is 2.52. The Hall–Kier alpha value is -2.34. The number of rotatable bonds is 2. The van der Waals surface area contributed by atoms with Crippen LogP contribution in [-0.4, -0.2) is 18.4 Å². The van der Waals surface area contributed by atoms with Crippen LogP contribution in [0.3, 0.4) is 0 Å². The molecule has 0 saturated carbocycles. The summed E-state index contributed by atoms with van der Waals surface area (Å²) in [5.41, 5.74) is 1.20. The van der Waals surface area contributed by atoms with Crippen LogP contribution in [0.15, 0.2) is 35.7 Å². The van der Waals surface area contributed by atoms with Gasteiger partial charge in [0, 0.05) is 5.69 Å². The predicted octanol–water partition coefficient (Wildman–Crippen LogP) is 2.72. The van der Waals surface area contributed by atoms with Crippen molar-refractivity contribution in [3.05, 3.63) is 40.6 Å². The van der Waals surface area contributed by atoms with Crippen LogP contribution in [0.2, 0.25) is 0 Å². The van der Waals surface area contributed by atoms with Gasteiger partial charge in [-0.25, -0.2) is 0 Å². The molecule has 0 atom stereocenters. The topological polar surface area (TPSA) is 67.4 Å². The fraction of sp³-hybridized carbons (Fsp3) is 0.143. The number of benzene rings is 1. The van der Waals surface area contributed by atoms with Gasteiger partial charge in [-0.3, -0.25) is 9.59 Å². The Labute approximate surface area is 119 Å². The summed E-state index contributed by atoms with van der Waals surface area (Å²) in [6.45, 7) is 0.361. The molecule has 0 aliphatic carbocycles. The third kappa shape index (κ3) is 2.65. The largest absolute Gasteiger partial charge is 0.491 e. The van der Waals surface area contributed by atoms with Crippen molar-refractivity contribution >= 4 is 34.5 Å². The highest BCUT2D eigenvalue weighted by molar-refractivity contribution is 7.12. The average Bonchev–Trinajstić information content (AvgIpc) is 2.89. The summed E-state index contributed by atoms with van der Waals surface area (Å²) in [7, 11) is 0. The second-order valence-electron chi connectivity index (χ2n) is 4.29. The van der Waals surface area contributed by atoms with Crippen molar-refractivity contribution in [2.24, 2.45) is 0 Å². The molecule has 3 rings (SSSR count). The lowest BCUT2D eigenvalue weighted by Gasteiger charge is -2.10. The van der Waals surface area contributed by atoms with Crippen molar-refractivity contribution in [2.45, 2.75) is 6.42 Å². The number of amides is 2. The number of thiophene rings is 1. The molecule has 102 valence electrons. The van der Waals surface area contributed by atoms with E-state index in [2.05, 4.69) is 10.6 Å². The van der Waals surface area contributed by atoms with Gasteiger partial charge in [-0.1, -0.05) is 6.07 Å². The normalized spacial score (nSPS) is 13.7. The lowest BCUT2D eigenvalue weighted by molar-refractivity contribution is -0.116. The van der Waals surface area contributed by atoms with E-state index in [9.17, 15) is 9.59 Å². The Morgan fingerprint density at radius 3 is 3.05 bits per heavy atom. The van der Waals surface area contributed by atoms with E-state index in [1.165, 1.54) is 11.3 Å². The second-order valence-corrected chi connectivity index (χ2v) is 5.24. The van der Waals surface area contributed by atoms with Gasteiger partial charge in [0.15, 0.2) is 0 Å². The molecule has 2 N–H and O–H groups in total. The van der Waals surface area contributed by atoms with Crippen molar-refractivity contribution in [1.29, 1.82) is 0 Å². The molecule has 6 heteroatoms. The Balaban J connectivity index is 1.81. The highest BCUT2D eigenvalue weighted by atomic mass is 32.1. The molecule has 0 spiro atoms. The zero-order valence-corrected chi connectivity index (χ0v) is 11.3. The maximum absolute atomic E-state index is 12.0. The molecule has 20 heavy (non-hydrogen) atoms. The summed E-state index contributed by atoms with van der Waals surface area (Å²) in [6.07, 6.45) is 0.325. The molecule has 0 radical (unpaired) electrons. The van der Waals surface area contributed by atoms with Gasteiger partial charge in [0.05, 0.1) is 23.6 Å². The van der Waals surface area contributed by atoms with Gasteiger partial charge in [-0.2, -0.15) is 0 Å². The summed E-state index contributed by atoms with van der Waals surface area (Å²) in [4.78, 5) is 24.1. The summed E-state index contributed by atoms with van der Waals surface area (Å²) in [5.74, 6) is 0.358. The molecule has 2 amide bonds. The number of carbonyl (C=O) groups is 2. The number of hydrogen-bond donors (Lipinski definition) is 2. The number of ether oxygens (including phenoxy) is 1. The van der Waals surface area contributed by atoms with Crippen molar-refractivity contribution in [2.75, 3.05) is 17.2 Å². The first-order valence-corrected chi connectivity index (χ1v) is 7.02. The molecule has 1 aliphatic heterocycles. The van der Waals surface area contributed by atoms with Gasteiger partial charge in [0.2, 0.25) is 5.91 Å². The molecule has 0 saturated heterocycles. The average molecular weight is 288 g/mol. The molecular weight excluding hydrogens is 276 g/mol.